The maximum absolute atomic E-state index is 4.69. The van der Waals surface area contributed by atoms with Crippen molar-refractivity contribution in [3.05, 3.63) is 16.1 Å². The molecule has 1 fully saturated rings. The molecular formula is C13H22N2S. The largest absolute Gasteiger partial charge is 0.314 e. The van der Waals surface area contributed by atoms with Gasteiger partial charge in [0, 0.05) is 30.8 Å². The molecule has 2 nitrogen and oxygen atoms in total. The number of nitrogens with zero attached hydrogens (tertiary/aromatic N) is 1. The molecule has 0 atom stereocenters. The van der Waals surface area contributed by atoms with E-state index in [-0.39, 0.29) is 0 Å². The molecule has 0 bridgehead atoms. The first-order valence-corrected chi connectivity index (χ1v) is 7.07. The Hall–Kier alpha value is -0.410. The number of hydrogen-bond acceptors (Lipinski definition) is 3. The second kappa shape index (κ2) is 4.84. The van der Waals surface area contributed by atoms with Crippen LogP contribution in [0.1, 0.15) is 44.3 Å². The summed E-state index contributed by atoms with van der Waals surface area (Å²) in [6, 6.07) is 0.813. The van der Waals surface area contributed by atoms with Gasteiger partial charge in [-0.1, -0.05) is 20.8 Å². The summed E-state index contributed by atoms with van der Waals surface area (Å²) >= 11 is 1.81. The zero-order valence-corrected chi connectivity index (χ0v) is 11.4. The van der Waals surface area contributed by atoms with Gasteiger partial charge in [-0.05, 0) is 18.3 Å². The Bertz CT molecular complexity index is 334. The van der Waals surface area contributed by atoms with Gasteiger partial charge in [-0.25, -0.2) is 4.98 Å². The average molecular weight is 238 g/mol. The number of aromatic nitrogens is 1. The SMILES string of the molecule is CC(C)(C)Cc1nc(CCNC2CC2)cs1. The van der Waals surface area contributed by atoms with E-state index in [4.69, 9.17) is 4.98 Å². The van der Waals surface area contributed by atoms with Gasteiger partial charge in [0.25, 0.3) is 0 Å². The fourth-order valence-corrected chi connectivity index (χ4v) is 2.82. The molecule has 0 spiro atoms. The molecule has 1 aromatic heterocycles. The monoisotopic (exact) mass is 238 g/mol. The molecule has 0 amide bonds. The van der Waals surface area contributed by atoms with Gasteiger partial charge in [-0.2, -0.15) is 0 Å². The van der Waals surface area contributed by atoms with Crippen molar-refractivity contribution in [1.82, 2.24) is 10.3 Å². The fourth-order valence-electron chi connectivity index (χ4n) is 1.69. The predicted molar refractivity (Wildman–Crippen MR) is 70.0 cm³/mol. The number of hydrogen-bond donors (Lipinski definition) is 1. The third kappa shape index (κ3) is 4.22. The van der Waals surface area contributed by atoms with Crippen LogP contribution in [0.5, 0.6) is 0 Å². The Labute approximate surface area is 102 Å². The van der Waals surface area contributed by atoms with Crippen molar-refractivity contribution >= 4 is 11.3 Å². The molecule has 1 saturated carbocycles. The summed E-state index contributed by atoms with van der Waals surface area (Å²) in [6.45, 7) is 7.89. The van der Waals surface area contributed by atoms with Crippen LogP contribution in [0.3, 0.4) is 0 Å². The van der Waals surface area contributed by atoms with Crippen LogP contribution in [0.2, 0.25) is 0 Å². The summed E-state index contributed by atoms with van der Waals surface area (Å²) in [5.41, 5.74) is 1.61. The molecule has 3 heteroatoms. The van der Waals surface area contributed by atoms with Crippen molar-refractivity contribution in [1.29, 1.82) is 0 Å². The first-order chi connectivity index (χ1) is 7.53. The molecule has 1 aliphatic carbocycles. The van der Waals surface area contributed by atoms with E-state index in [1.807, 2.05) is 11.3 Å². The van der Waals surface area contributed by atoms with Crippen LogP contribution in [0, 0.1) is 5.41 Å². The summed E-state index contributed by atoms with van der Waals surface area (Å²) < 4.78 is 0. The van der Waals surface area contributed by atoms with Gasteiger partial charge in [0.1, 0.15) is 0 Å². The lowest BCUT2D eigenvalue weighted by Crippen LogP contribution is -2.19. The average Bonchev–Trinajstić information content (AvgIpc) is 2.86. The highest BCUT2D eigenvalue weighted by molar-refractivity contribution is 7.09. The normalized spacial score (nSPS) is 16.7. The van der Waals surface area contributed by atoms with Crippen LogP contribution in [0.15, 0.2) is 5.38 Å². The van der Waals surface area contributed by atoms with E-state index in [2.05, 4.69) is 31.5 Å². The lowest BCUT2D eigenvalue weighted by molar-refractivity contribution is 0.410. The molecule has 90 valence electrons. The third-order valence-electron chi connectivity index (χ3n) is 2.67. The van der Waals surface area contributed by atoms with Crippen molar-refractivity contribution in [3.8, 4) is 0 Å². The van der Waals surface area contributed by atoms with E-state index in [0.29, 0.717) is 5.41 Å². The first-order valence-electron chi connectivity index (χ1n) is 6.20. The zero-order chi connectivity index (χ0) is 11.6. The van der Waals surface area contributed by atoms with Gasteiger partial charge in [0.05, 0.1) is 10.7 Å². The highest BCUT2D eigenvalue weighted by Crippen LogP contribution is 2.23. The minimum Gasteiger partial charge on any atom is -0.314 e. The van der Waals surface area contributed by atoms with Crippen LogP contribution in [-0.4, -0.2) is 17.6 Å². The molecule has 0 aliphatic heterocycles. The molecule has 1 N–H and O–H groups in total. The molecule has 2 rings (SSSR count). The van der Waals surface area contributed by atoms with E-state index < -0.39 is 0 Å². The smallest absolute Gasteiger partial charge is 0.0933 e. The van der Waals surface area contributed by atoms with E-state index in [1.165, 1.54) is 23.5 Å². The first kappa shape index (κ1) is 12.1. The van der Waals surface area contributed by atoms with Gasteiger partial charge in [-0.15, -0.1) is 11.3 Å². The summed E-state index contributed by atoms with van der Waals surface area (Å²) in [5, 5.41) is 7.03. The number of rotatable bonds is 5. The van der Waals surface area contributed by atoms with E-state index in [0.717, 1.165) is 25.4 Å². The van der Waals surface area contributed by atoms with Gasteiger partial charge >= 0.3 is 0 Å². The standard InChI is InChI=1S/C13H22N2S/c1-13(2,3)8-12-15-11(9-16-12)6-7-14-10-4-5-10/h9-10,14H,4-8H2,1-3H3. The molecule has 1 aromatic rings. The van der Waals surface area contributed by atoms with Gasteiger partial charge in [-0.3, -0.25) is 0 Å². The minimum absolute atomic E-state index is 0.349. The molecule has 0 aromatic carbocycles. The van der Waals surface area contributed by atoms with Gasteiger partial charge in [0.15, 0.2) is 0 Å². The van der Waals surface area contributed by atoms with E-state index >= 15 is 0 Å². The summed E-state index contributed by atoms with van der Waals surface area (Å²) in [5.74, 6) is 0. The van der Waals surface area contributed by atoms with Crippen LogP contribution in [-0.2, 0) is 12.8 Å². The van der Waals surface area contributed by atoms with Crippen molar-refractivity contribution in [2.24, 2.45) is 5.41 Å². The number of thiazole rings is 1. The Morgan fingerprint density at radius 3 is 2.81 bits per heavy atom. The topological polar surface area (TPSA) is 24.9 Å². The molecule has 16 heavy (non-hydrogen) atoms. The molecule has 0 saturated heterocycles. The van der Waals surface area contributed by atoms with Gasteiger partial charge in [0.2, 0.25) is 0 Å². The summed E-state index contributed by atoms with van der Waals surface area (Å²) in [7, 11) is 0. The maximum Gasteiger partial charge on any atom is 0.0933 e. The van der Waals surface area contributed by atoms with Crippen molar-refractivity contribution in [3.63, 3.8) is 0 Å². The predicted octanol–water partition coefficient (Wildman–Crippen LogP) is 3.03. The highest BCUT2D eigenvalue weighted by Gasteiger charge is 2.20. The summed E-state index contributed by atoms with van der Waals surface area (Å²) in [6.07, 6.45) is 4.91. The molecule has 1 heterocycles. The van der Waals surface area contributed by atoms with E-state index in [1.54, 1.807) is 0 Å². The molecular weight excluding hydrogens is 216 g/mol. The quantitative estimate of drug-likeness (QED) is 0.853. The highest BCUT2D eigenvalue weighted by atomic mass is 32.1. The third-order valence-corrected chi connectivity index (χ3v) is 3.57. The molecule has 1 aliphatic rings. The second-order valence-corrected chi connectivity index (χ2v) is 6.89. The van der Waals surface area contributed by atoms with Crippen molar-refractivity contribution in [2.75, 3.05) is 6.54 Å². The summed E-state index contributed by atoms with van der Waals surface area (Å²) in [4.78, 5) is 4.69. The van der Waals surface area contributed by atoms with Crippen LogP contribution < -0.4 is 5.32 Å². The minimum atomic E-state index is 0.349. The molecule has 0 unspecified atom stereocenters. The second-order valence-electron chi connectivity index (χ2n) is 5.95. The van der Waals surface area contributed by atoms with Gasteiger partial charge < -0.3 is 5.32 Å². The number of nitrogens with one attached hydrogen (secondary N) is 1. The van der Waals surface area contributed by atoms with Crippen molar-refractivity contribution in [2.45, 2.75) is 52.5 Å². The van der Waals surface area contributed by atoms with E-state index in [9.17, 15) is 0 Å². The zero-order valence-electron chi connectivity index (χ0n) is 10.5. The maximum atomic E-state index is 4.69. The Kier molecular flexibility index (Phi) is 3.65. The van der Waals surface area contributed by atoms with Crippen molar-refractivity contribution < 1.29 is 0 Å². The van der Waals surface area contributed by atoms with Crippen LogP contribution in [0.25, 0.3) is 0 Å². The van der Waals surface area contributed by atoms with Crippen LogP contribution >= 0.6 is 11.3 Å². The fraction of sp³-hybridized carbons (Fsp3) is 0.769. The Morgan fingerprint density at radius 1 is 1.44 bits per heavy atom. The van der Waals surface area contributed by atoms with Crippen LogP contribution in [0.4, 0.5) is 0 Å². The molecule has 0 radical (unpaired) electrons. The Balaban J connectivity index is 1.77. The lowest BCUT2D eigenvalue weighted by atomic mass is 9.93. The Morgan fingerprint density at radius 2 is 2.19 bits per heavy atom. The lowest BCUT2D eigenvalue weighted by Gasteiger charge is -2.15.